The molecule has 1 aromatic carbocycles. The van der Waals surface area contributed by atoms with Crippen molar-refractivity contribution < 1.29 is 19.1 Å². The molecule has 0 unspecified atom stereocenters. The fourth-order valence-electron chi connectivity index (χ4n) is 3.50. The SMILES string of the molecule is CCOC(=O)C1CCN(c2ccc(N(C)CCCNC(=O)OC(C)(C)C)cc2)CC1. The quantitative estimate of drug-likeness (QED) is 0.510. The molecule has 168 valence electrons. The average Bonchev–Trinajstić information content (AvgIpc) is 2.70. The van der Waals surface area contributed by atoms with Crippen LogP contribution in [0, 0.1) is 5.92 Å². The fourth-order valence-corrected chi connectivity index (χ4v) is 3.50. The van der Waals surface area contributed by atoms with E-state index in [9.17, 15) is 9.59 Å². The van der Waals surface area contributed by atoms with Gasteiger partial charge in [-0.2, -0.15) is 0 Å². The molecule has 0 radical (unpaired) electrons. The lowest BCUT2D eigenvalue weighted by atomic mass is 9.96. The van der Waals surface area contributed by atoms with E-state index < -0.39 is 5.60 Å². The molecule has 30 heavy (non-hydrogen) atoms. The van der Waals surface area contributed by atoms with Gasteiger partial charge in [-0.25, -0.2) is 4.79 Å². The second kappa shape index (κ2) is 11.1. The van der Waals surface area contributed by atoms with Gasteiger partial charge in [-0.3, -0.25) is 4.79 Å². The number of hydrogen-bond acceptors (Lipinski definition) is 6. The summed E-state index contributed by atoms with van der Waals surface area (Å²) >= 11 is 0. The van der Waals surface area contributed by atoms with Gasteiger partial charge in [0.15, 0.2) is 0 Å². The second-order valence-corrected chi connectivity index (χ2v) is 8.73. The highest BCUT2D eigenvalue weighted by Crippen LogP contribution is 2.26. The Labute approximate surface area is 180 Å². The zero-order chi connectivity index (χ0) is 22.1. The first-order valence-corrected chi connectivity index (χ1v) is 10.9. The smallest absolute Gasteiger partial charge is 0.407 e. The first-order chi connectivity index (χ1) is 14.2. The maximum absolute atomic E-state index is 11.9. The molecule has 1 aromatic rings. The number of nitrogens with zero attached hydrogens (tertiary/aromatic N) is 2. The third-order valence-electron chi connectivity index (χ3n) is 5.11. The standard InChI is InChI=1S/C23H37N3O4/c1-6-29-21(27)18-12-16-26(17-13-18)20-10-8-19(9-11-20)25(5)15-7-14-24-22(28)30-23(2,3)4/h8-11,18H,6-7,12-17H2,1-5H3,(H,24,28). The number of nitrogens with one attached hydrogen (secondary N) is 1. The highest BCUT2D eigenvalue weighted by atomic mass is 16.6. The van der Waals surface area contributed by atoms with Gasteiger partial charge in [0.1, 0.15) is 5.60 Å². The van der Waals surface area contributed by atoms with Gasteiger partial charge >= 0.3 is 12.1 Å². The highest BCUT2D eigenvalue weighted by Gasteiger charge is 2.26. The van der Waals surface area contributed by atoms with E-state index in [4.69, 9.17) is 9.47 Å². The van der Waals surface area contributed by atoms with E-state index in [1.165, 1.54) is 5.69 Å². The van der Waals surface area contributed by atoms with Crippen LogP contribution in [0.4, 0.5) is 16.2 Å². The van der Waals surface area contributed by atoms with E-state index in [0.717, 1.165) is 44.6 Å². The van der Waals surface area contributed by atoms with Crippen LogP contribution < -0.4 is 15.1 Å². The average molecular weight is 420 g/mol. The number of anilines is 2. The lowest BCUT2D eigenvalue weighted by molar-refractivity contribution is -0.148. The minimum Gasteiger partial charge on any atom is -0.466 e. The first kappa shape index (κ1) is 23.8. The minimum absolute atomic E-state index is 0.0286. The zero-order valence-electron chi connectivity index (χ0n) is 19.1. The van der Waals surface area contributed by atoms with Gasteiger partial charge in [-0.1, -0.05) is 0 Å². The van der Waals surface area contributed by atoms with Crippen LogP contribution in [0.3, 0.4) is 0 Å². The maximum Gasteiger partial charge on any atom is 0.407 e. The highest BCUT2D eigenvalue weighted by molar-refractivity contribution is 5.73. The molecule has 1 aliphatic heterocycles. The van der Waals surface area contributed by atoms with Crippen molar-refractivity contribution in [2.45, 2.75) is 52.6 Å². The van der Waals surface area contributed by atoms with Crippen molar-refractivity contribution >= 4 is 23.4 Å². The Morgan fingerprint density at radius 3 is 2.37 bits per heavy atom. The van der Waals surface area contributed by atoms with Gasteiger partial charge < -0.3 is 24.6 Å². The Morgan fingerprint density at radius 2 is 1.80 bits per heavy atom. The number of alkyl carbamates (subject to hydrolysis) is 1. The van der Waals surface area contributed by atoms with Crippen LogP contribution in [0.15, 0.2) is 24.3 Å². The summed E-state index contributed by atoms with van der Waals surface area (Å²) in [6, 6.07) is 8.51. The molecule has 1 heterocycles. The van der Waals surface area contributed by atoms with Crippen LogP contribution in [0.1, 0.15) is 47.0 Å². The summed E-state index contributed by atoms with van der Waals surface area (Å²) in [6.45, 7) is 11.0. The van der Waals surface area contributed by atoms with E-state index in [1.807, 2.05) is 34.7 Å². The van der Waals surface area contributed by atoms with Crippen LogP contribution in [-0.2, 0) is 14.3 Å². The number of carbonyl (C=O) groups is 2. The molecule has 0 atom stereocenters. The predicted molar refractivity (Wildman–Crippen MR) is 120 cm³/mol. The molecule has 0 aromatic heterocycles. The first-order valence-electron chi connectivity index (χ1n) is 10.9. The number of rotatable bonds is 8. The number of piperidine rings is 1. The number of benzene rings is 1. The summed E-state index contributed by atoms with van der Waals surface area (Å²) in [7, 11) is 2.05. The second-order valence-electron chi connectivity index (χ2n) is 8.73. The van der Waals surface area contributed by atoms with Crippen LogP contribution in [-0.4, -0.2) is 57.5 Å². The van der Waals surface area contributed by atoms with Gasteiger partial charge in [0, 0.05) is 44.6 Å². The summed E-state index contributed by atoms with van der Waals surface area (Å²) in [5.74, 6) is -0.0313. The van der Waals surface area contributed by atoms with E-state index in [1.54, 1.807) is 0 Å². The van der Waals surface area contributed by atoms with Gasteiger partial charge in [0.05, 0.1) is 12.5 Å². The molecule has 1 aliphatic rings. The van der Waals surface area contributed by atoms with Crippen LogP contribution >= 0.6 is 0 Å². The van der Waals surface area contributed by atoms with Crippen LogP contribution in [0.25, 0.3) is 0 Å². The van der Waals surface area contributed by atoms with Crippen molar-refractivity contribution in [1.29, 1.82) is 0 Å². The Bertz CT molecular complexity index is 677. The lowest BCUT2D eigenvalue weighted by Gasteiger charge is -2.33. The maximum atomic E-state index is 11.9. The molecule has 0 saturated carbocycles. The minimum atomic E-state index is -0.475. The summed E-state index contributed by atoms with van der Waals surface area (Å²) in [5, 5.41) is 2.79. The number of carbonyl (C=O) groups excluding carboxylic acids is 2. The van der Waals surface area contributed by atoms with E-state index in [-0.39, 0.29) is 18.0 Å². The molecule has 0 aliphatic carbocycles. The molecule has 1 amide bonds. The van der Waals surface area contributed by atoms with E-state index in [2.05, 4.69) is 39.4 Å². The molecule has 0 spiro atoms. The van der Waals surface area contributed by atoms with Crippen molar-refractivity contribution in [3.63, 3.8) is 0 Å². The number of hydrogen-bond donors (Lipinski definition) is 1. The summed E-state index contributed by atoms with van der Waals surface area (Å²) < 4.78 is 10.4. The van der Waals surface area contributed by atoms with Crippen molar-refractivity contribution in [2.24, 2.45) is 5.92 Å². The van der Waals surface area contributed by atoms with Crippen molar-refractivity contribution in [1.82, 2.24) is 5.32 Å². The number of amides is 1. The van der Waals surface area contributed by atoms with Crippen molar-refractivity contribution in [3.8, 4) is 0 Å². The Balaban J connectivity index is 1.73. The lowest BCUT2D eigenvalue weighted by Crippen LogP contribution is -2.37. The number of esters is 1. The van der Waals surface area contributed by atoms with Gasteiger partial charge in [0.2, 0.25) is 0 Å². The van der Waals surface area contributed by atoms with Crippen molar-refractivity contribution in [3.05, 3.63) is 24.3 Å². The molecule has 1 saturated heterocycles. The summed E-state index contributed by atoms with van der Waals surface area (Å²) in [6.07, 6.45) is 2.14. The molecule has 7 heteroatoms. The van der Waals surface area contributed by atoms with Crippen LogP contribution in [0.2, 0.25) is 0 Å². The summed E-state index contributed by atoms with van der Waals surface area (Å²) in [5.41, 5.74) is 1.84. The molecule has 0 bridgehead atoms. The third-order valence-corrected chi connectivity index (χ3v) is 5.11. The van der Waals surface area contributed by atoms with Crippen LogP contribution in [0.5, 0.6) is 0 Å². The molecular weight excluding hydrogens is 382 g/mol. The third kappa shape index (κ3) is 7.76. The topological polar surface area (TPSA) is 71.1 Å². The zero-order valence-corrected chi connectivity index (χ0v) is 19.1. The Hall–Kier alpha value is -2.44. The van der Waals surface area contributed by atoms with Crippen molar-refractivity contribution in [2.75, 3.05) is 49.6 Å². The summed E-state index contributed by atoms with van der Waals surface area (Å²) in [4.78, 5) is 28.1. The predicted octanol–water partition coefficient (Wildman–Crippen LogP) is 3.82. The van der Waals surface area contributed by atoms with E-state index >= 15 is 0 Å². The molecule has 1 N–H and O–H groups in total. The molecule has 1 fully saturated rings. The molecule has 2 rings (SSSR count). The van der Waals surface area contributed by atoms with Gasteiger partial charge in [-0.05, 0) is 71.2 Å². The number of ether oxygens (including phenoxy) is 2. The monoisotopic (exact) mass is 419 g/mol. The van der Waals surface area contributed by atoms with E-state index in [0.29, 0.717) is 13.2 Å². The Kier molecular flexibility index (Phi) is 8.81. The Morgan fingerprint density at radius 1 is 1.17 bits per heavy atom. The fraction of sp³-hybridized carbons (Fsp3) is 0.652. The van der Waals surface area contributed by atoms with Gasteiger partial charge in [-0.15, -0.1) is 0 Å². The molecule has 7 nitrogen and oxygen atoms in total. The normalized spacial score (nSPS) is 14.9. The van der Waals surface area contributed by atoms with Gasteiger partial charge in [0.25, 0.3) is 0 Å². The largest absolute Gasteiger partial charge is 0.466 e. The molecular formula is C23H37N3O4.